The number of nitrogens with one attached hydrogen (secondary N) is 1. The molecule has 18 heavy (non-hydrogen) atoms. The maximum Gasteiger partial charge on any atom is 0.242 e. The fourth-order valence-corrected chi connectivity index (χ4v) is 2.27. The number of nitrogen functional groups attached to an aromatic ring is 1. The SMILES string of the molecule is CCCC1(CNc2ncnc(OCC)c2N)CC1. The highest BCUT2D eigenvalue weighted by molar-refractivity contribution is 5.66. The molecule has 1 aromatic rings. The van der Waals surface area contributed by atoms with Gasteiger partial charge in [-0.05, 0) is 31.6 Å². The van der Waals surface area contributed by atoms with Gasteiger partial charge in [-0.2, -0.15) is 4.98 Å². The molecule has 0 aromatic carbocycles. The molecule has 1 fully saturated rings. The van der Waals surface area contributed by atoms with E-state index in [1.807, 2.05) is 6.92 Å². The Balaban J connectivity index is 1.99. The van der Waals surface area contributed by atoms with Crippen LogP contribution in [0.1, 0.15) is 39.5 Å². The van der Waals surface area contributed by atoms with Crippen LogP contribution in [-0.4, -0.2) is 23.1 Å². The summed E-state index contributed by atoms with van der Waals surface area (Å²) in [7, 11) is 0. The zero-order valence-corrected chi connectivity index (χ0v) is 11.2. The standard InChI is InChI=1S/C13H22N4O/c1-3-5-13(6-7-13)8-15-11-10(14)12(18-4-2)17-9-16-11/h9H,3-8,14H2,1-2H3,(H,15,16,17). The number of nitrogens with zero attached hydrogens (tertiary/aromatic N) is 2. The molecule has 0 saturated heterocycles. The predicted molar refractivity (Wildman–Crippen MR) is 72.7 cm³/mol. The molecule has 0 unspecified atom stereocenters. The second-order valence-corrected chi connectivity index (χ2v) is 4.98. The van der Waals surface area contributed by atoms with E-state index < -0.39 is 0 Å². The molecule has 1 aromatic heterocycles. The first kappa shape index (κ1) is 12.9. The third-order valence-electron chi connectivity index (χ3n) is 3.50. The molecule has 0 spiro atoms. The fourth-order valence-electron chi connectivity index (χ4n) is 2.27. The number of ether oxygens (including phenoxy) is 1. The highest BCUT2D eigenvalue weighted by atomic mass is 16.5. The molecule has 1 aliphatic rings. The summed E-state index contributed by atoms with van der Waals surface area (Å²) in [4.78, 5) is 8.21. The van der Waals surface area contributed by atoms with Gasteiger partial charge in [-0.1, -0.05) is 13.3 Å². The summed E-state index contributed by atoms with van der Waals surface area (Å²) in [6, 6.07) is 0. The Morgan fingerprint density at radius 2 is 2.17 bits per heavy atom. The first-order valence-corrected chi connectivity index (χ1v) is 6.68. The molecule has 1 saturated carbocycles. The Hall–Kier alpha value is -1.52. The van der Waals surface area contributed by atoms with Gasteiger partial charge in [0.25, 0.3) is 0 Å². The van der Waals surface area contributed by atoms with Crippen LogP contribution < -0.4 is 15.8 Å². The van der Waals surface area contributed by atoms with Crippen molar-refractivity contribution in [1.29, 1.82) is 0 Å². The van der Waals surface area contributed by atoms with Gasteiger partial charge in [-0.15, -0.1) is 0 Å². The zero-order chi connectivity index (χ0) is 13.0. The number of hydrogen-bond acceptors (Lipinski definition) is 5. The number of aromatic nitrogens is 2. The minimum atomic E-state index is 0.468. The van der Waals surface area contributed by atoms with Gasteiger partial charge in [0.1, 0.15) is 12.0 Å². The lowest BCUT2D eigenvalue weighted by atomic mass is 10.0. The van der Waals surface area contributed by atoms with Crippen molar-refractivity contribution in [3.8, 4) is 5.88 Å². The van der Waals surface area contributed by atoms with Gasteiger partial charge in [-0.3, -0.25) is 0 Å². The average molecular weight is 250 g/mol. The summed E-state index contributed by atoms with van der Waals surface area (Å²) in [5.41, 5.74) is 6.96. The lowest BCUT2D eigenvalue weighted by Gasteiger charge is -2.16. The Bertz CT molecular complexity index is 404. The van der Waals surface area contributed by atoms with E-state index in [9.17, 15) is 0 Å². The molecule has 1 heterocycles. The van der Waals surface area contributed by atoms with Gasteiger partial charge in [0.15, 0.2) is 5.82 Å². The third kappa shape index (κ3) is 2.83. The molecule has 2 rings (SSSR count). The Morgan fingerprint density at radius 1 is 1.39 bits per heavy atom. The molecule has 0 aliphatic heterocycles. The summed E-state index contributed by atoms with van der Waals surface area (Å²) in [5, 5.41) is 3.34. The highest BCUT2D eigenvalue weighted by Crippen LogP contribution is 2.49. The lowest BCUT2D eigenvalue weighted by Crippen LogP contribution is -2.17. The lowest BCUT2D eigenvalue weighted by molar-refractivity contribution is 0.328. The topological polar surface area (TPSA) is 73.1 Å². The van der Waals surface area contributed by atoms with Crippen molar-refractivity contribution in [2.24, 2.45) is 5.41 Å². The minimum absolute atomic E-state index is 0.468. The van der Waals surface area contributed by atoms with Gasteiger partial charge >= 0.3 is 0 Å². The van der Waals surface area contributed by atoms with Gasteiger partial charge in [-0.25, -0.2) is 4.98 Å². The smallest absolute Gasteiger partial charge is 0.242 e. The normalized spacial score (nSPS) is 16.3. The molecule has 0 atom stereocenters. The second-order valence-electron chi connectivity index (χ2n) is 4.98. The van der Waals surface area contributed by atoms with Crippen LogP contribution >= 0.6 is 0 Å². The van der Waals surface area contributed by atoms with Crippen LogP contribution in [0.3, 0.4) is 0 Å². The molecular weight excluding hydrogens is 228 g/mol. The second kappa shape index (κ2) is 5.42. The molecule has 5 nitrogen and oxygen atoms in total. The summed E-state index contributed by atoms with van der Waals surface area (Å²) in [6.07, 6.45) is 6.59. The summed E-state index contributed by atoms with van der Waals surface area (Å²) in [5.74, 6) is 1.16. The van der Waals surface area contributed by atoms with Gasteiger partial charge in [0.2, 0.25) is 5.88 Å². The van der Waals surface area contributed by atoms with E-state index in [1.165, 1.54) is 32.0 Å². The first-order chi connectivity index (χ1) is 8.71. The van der Waals surface area contributed by atoms with E-state index in [0.29, 0.717) is 29.4 Å². The minimum Gasteiger partial charge on any atom is -0.476 e. The van der Waals surface area contributed by atoms with Crippen molar-refractivity contribution in [1.82, 2.24) is 9.97 Å². The maximum atomic E-state index is 5.98. The van der Waals surface area contributed by atoms with Gasteiger partial charge in [0, 0.05) is 6.54 Å². The molecular formula is C13H22N4O. The van der Waals surface area contributed by atoms with Crippen molar-refractivity contribution in [2.45, 2.75) is 39.5 Å². The average Bonchev–Trinajstić information content (AvgIpc) is 3.11. The van der Waals surface area contributed by atoms with Crippen molar-refractivity contribution >= 4 is 11.5 Å². The van der Waals surface area contributed by atoms with E-state index in [0.717, 1.165) is 6.54 Å². The first-order valence-electron chi connectivity index (χ1n) is 6.68. The number of rotatable bonds is 7. The summed E-state index contributed by atoms with van der Waals surface area (Å²) < 4.78 is 5.36. The predicted octanol–water partition coefficient (Wildman–Crippen LogP) is 2.45. The largest absolute Gasteiger partial charge is 0.476 e. The maximum absolute atomic E-state index is 5.98. The monoisotopic (exact) mass is 250 g/mol. The van der Waals surface area contributed by atoms with E-state index >= 15 is 0 Å². The number of nitrogens with two attached hydrogens (primary N) is 1. The van der Waals surface area contributed by atoms with Crippen molar-refractivity contribution in [3.63, 3.8) is 0 Å². The Morgan fingerprint density at radius 3 is 2.78 bits per heavy atom. The van der Waals surface area contributed by atoms with Crippen molar-refractivity contribution < 1.29 is 4.74 Å². The third-order valence-corrected chi connectivity index (χ3v) is 3.50. The van der Waals surface area contributed by atoms with Crippen molar-refractivity contribution in [3.05, 3.63) is 6.33 Å². The van der Waals surface area contributed by atoms with E-state index in [4.69, 9.17) is 10.5 Å². The van der Waals surface area contributed by atoms with E-state index in [2.05, 4.69) is 22.2 Å². The van der Waals surface area contributed by atoms with Crippen LogP contribution in [0, 0.1) is 5.41 Å². The Labute approximate surface area is 108 Å². The van der Waals surface area contributed by atoms with Gasteiger partial charge in [0.05, 0.1) is 6.61 Å². The quantitative estimate of drug-likeness (QED) is 0.777. The number of anilines is 2. The molecule has 0 radical (unpaired) electrons. The van der Waals surface area contributed by atoms with E-state index in [1.54, 1.807) is 0 Å². The zero-order valence-electron chi connectivity index (χ0n) is 11.2. The van der Waals surface area contributed by atoms with Crippen LogP contribution in [0.25, 0.3) is 0 Å². The summed E-state index contributed by atoms with van der Waals surface area (Å²) in [6.45, 7) is 5.63. The van der Waals surface area contributed by atoms with Crippen LogP contribution in [0.5, 0.6) is 5.88 Å². The van der Waals surface area contributed by atoms with Crippen molar-refractivity contribution in [2.75, 3.05) is 24.2 Å². The molecule has 5 heteroatoms. The van der Waals surface area contributed by atoms with Crippen LogP contribution in [0.4, 0.5) is 11.5 Å². The van der Waals surface area contributed by atoms with E-state index in [-0.39, 0.29) is 0 Å². The number of hydrogen-bond donors (Lipinski definition) is 2. The molecule has 100 valence electrons. The fraction of sp³-hybridized carbons (Fsp3) is 0.692. The van der Waals surface area contributed by atoms with Crippen LogP contribution in [0.2, 0.25) is 0 Å². The highest BCUT2D eigenvalue weighted by Gasteiger charge is 2.41. The van der Waals surface area contributed by atoms with Crippen LogP contribution in [-0.2, 0) is 0 Å². The van der Waals surface area contributed by atoms with Gasteiger partial charge < -0.3 is 15.8 Å². The molecule has 1 aliphatic carbocycles. The molecule has 0 bridgehead atoms. The molecule has 3 N–H and O–H groups in total. The Kier molecular flexibility index (Phi) is 3.89. The molecule has 0 amide bonds. The summed E-state index contributed by atoms with van der Waals surface area (Å²) >= 11 is 0. The van der Waals surface area contributed by atoms with Crippen LogP contribution in [0.15, 0.2) is 6.33 Å².